The molecule has 0 spiro atoms. The van der Waals surface area contributed by atoms with Gasteiger partial charge in [0.05, 0.1) is 0 Å². The number of rotatable bonds is 7. The molecule has 0 amide bonds. The van der Waals surface area contributed by atoms with E-state index in [1.165, 1.54) is 64.7 Å². The summed E-state index contributed by atoms with van der Waals surface area (Å²) < 4.78 is 2.66. The largest absolute Gasteiger partial charge is 0.311 e. The Morgan fingerprint density at radius 2 is 0.720 bits per heavy atom. The Bertz CT molecular complexity index is 2530. The molecule has 0 N–H and O–H groups in total. The maximum Gasteiger partial charge on any atom is 0.0462 e. The number of benzene rings is 8. The topological polar surface area (TPSA) is 3.24 Å². The van der Waals surface area contributed by atoms with Crippen molar-refractivity contribution < 1.29 is 0 Å². The summed E-state index contributed by atoms with van der Waals surface area (Å²) in [6.07, 6.45) is 0. The minimum Gasteiger partial charge on any atom is -0.311 e. The Kier molecular flexibility index (Phi) is 7.77. The molecule has 0 atom stereocenters. The lowest BCUT2D eigenvalue weighted by atomic mass is 9.96. The average molecular weight is 656 g/mol. The number of hydrogen-bond acceptors (Lipinski definition) is 2. The molecule has 0 bridgehead atoms. The van der Waals surface area contributed by atoms with Crippen molar-refractivity contribution in [2.45, 2.75) is 0 Å². The molecule has 0 saturated heterocycles. The van der Waals surface area contributed by atoms with Crippen LogP contribution in [0.3, 0.4) is 0 Å². The molecule has 1 aromatic heterocycles. The van der Waals surface area contributed by atoms with Crippen LogP contribution in [-0.4, -0.2) is 0 Å². The SMILES string of the molecule is c1ccc(-c2ccc(-c3ccc(N(c4ccccc4)c4ccc(-c5cc(-c6ccccc6)c6sc7ccccc7c6c5)cc4)cc3)cc2)cc1. The van der Waals surface area contributed by atoms with E-state index in [-0.39, 0.29) is 0 Å². The highest BCUT2D eigenvalue weighted by Crippen LogP contribution is 2.43. The number of nitrogens with zero attached hydrogens (tertiary/aromatic N) is 1. The molecule has 0 saturated carbocycles. The van der Waals surface area contributed by atoms with Gasteiger partial charge in [-0.2, -0.15) is 0 Å². The lowest BCUT2D eigenvalue weighted by Gasteiger charge is -2.26. The Hall–Kier alpha value is -6.22. The molecule has 8 aromatic carbocycles. The molecule has 9 rings (SSSR count). The van der Waals surface area contributed by atoms with Crippen LogP contribution in [0.15, 0.2) is 200 Å². The van der Waals surface area contributed by atoms with Crippen molar-refractivity contribution in [3.63, 3.8) is 0 Å². The van der Waals surface area contributed by atoms with E-state index in [0.29, 0.717) is 0 Å². The predicted octanol–water partition coefficient (Wildman–Crippen LogP) is 14.2. The number of fused-ring (bicyclic) bond motifs is 3. The standard InChI is InChI=1S/C48H33NS/c1-4-12-34(13-5-1)35-20-22-36(23-21-35)37-24-28-42(29-25-37)49(41-16-8-3-9-17-41)43-30-26-38(27-31-43)40-32-45(39-14-6-2-7-15-39)48-46(33-40)44-18-10-11-19-47(44)50-48/h1-33H. The third-order valence-electron chi connectivity index (χ3n) is 9.49. The third kappa shape index (κ3) is 5.66. The molecule has 1 nitrogen and oxygen atoms in total. The lowest BCUT2D eigenvalue weighted by molar-refractivity contribution is 1.28. The van der Waals surface area contributed by atoms with Crippen molar-refractivity contribution in [3.8, 4) is 44.5 Å². The van der Waals surface area contributed by atoms with Crippen LogP contribution in [0.4, 0.5) is 17.1 Å². The van der Waals surface area contributed by atoms with Crippen LogP contribution in [0.5, 0.6) is 0 Å². The Morgan fingerprint density at radius 3 is 1.30 bits per heavy atom. The summed E-state index contributed by atoms with van der Waals surface area (Å²) in [5.74, 6) is 0. The molecule has 0 unspecified atom stereocenters. The van der Waals surface area contributed by atoms with Gasteiger partial charge in [0.1, 0.15) is 0 Å². The molecule has 0 aliphatic rings. The van der Waals surface area contributed by atoms with Gasteiger partial charge in [-0.3, -0.25) is 0 Å². The first-order chi connectivity index (χ1) is 24.8. The second-order valence-electron chi connectivity index (χ2n) is 12.6. The van der Waals surface area contributed by atoms with E-state index in [1.54, 1.807) is 0 Å². The van der Waals surface area contributed by atoms with Gasteiger partial charge < -0.3 is 4.90 Å². The summed E-state index contributed by atoms with van der Waals surface area (Å²) in [6.45, 7) is 0. The first-order valence-electron chi connectivity index (χ1n) is 17.0. The molecule has 0 fully saturated rings. The molecule has 0 aliphatic carbocycles. The number of para-hydroxylation sites is 1. The van der Waals surface area contributed by atoms with Gasteiger partial charge in [-0.15, -0.1) is 11.3 Å². The minimum absolute atomic E-state index is 1.12. The summed E-state index contributed by atoms with van der Waals surface area (Å²) in [5.41, 5.74) is 13.2. The van der Waals surface area contributed by atoms with Crippen LogP contribution >= 0.6 is 11.3 Å². The maximum absolute atomic E-state index is 2.37. The summed E-state index contributed by atoms with van der Waals surface area (Å²) in [4.78, 5) is 2.33. The fourth-order valence-electron chi connectivity index (χ4n) is 6.94. The normalized spacial score (nSPS) is 11.2. The van der Waals surface area contributed by atoms with Gasteiger partial charge in [0.15, 0.2) is 0 Å². The quantitative estimate of drug-likeness (QED) is 0.165. The van der Waals surface area contributed by atoms with Crippen molar-refractivity contribution in [3.05, 3.63) is 200 Å². The molecule has 2 heteroatoms. The number of thiophene rings is 1. The van der Waals surface area contributed by atoms with E-state index in [1.807, 2.05) is 11.3 Å². The van der Waals surface area contributed by atoms with Gasteiger partial charge in [-0.25, -0.2) is 0 Å². The molecular formula is C48H33NS. The van der Waals surface area contributed by atoms with Crippen molar-refractivity contribution in [1.82, 2.24) is 0 Å². The first-order valence-corrected chi connectivity index (χ1v) is 17.8. The van der Waals surface area contributed by atoms with E-state index in [2.05, 4.69) is 205 Å². The molecule has 236 valence electrons. The second kappa shape index (κ2) is 13.0. The van der Waals surface area contributed by atoms with Crippen LogP contribution in [-0.2, 0) is 0 Å². The van der Waals surface area contributed by atoms with Crippen molar-refractivity contribution in [2.24, 2.45) is 0 Å². The van der Waals surface area contributed by atoms with Crippen LogP contribution in [0.1, 0.15) is 0 Å². The third-order valence-corrected chi connectivity index (χ3v) is 10.7. The fraction of sp³-hybridized carbons (Fsp3) is 0. The zero-order valence-electron chi connectivity index (χ0n) is 27.4. The Balaban J connectivity index is 1.07. The van der Waals surface area contributed by atoms with Crippen molar-refractivity contribution >= 4 is 48.6 Å². The van der Waals surface area contributed by atoms with E-state index < -0.39 is 0 Å². The molecule has 0 radical (unpaired) electrons. The molecule has 50 heavy (non-hydrogen) atoms. The van der Waals surface area contributed by atoms with Gasteiger partial charge >= 0.3 is 0 Å². The van der Waals surface area contributed by atoms with Gasteiger partial charge in [0, 0.05) is 42.8 Å². The van der Waals surface area contributed by atoms with Gasteiger partial charge in [0.25, 0.3) is 0 Å². The summed E-state index contributed by atoms with van der Waals surface area (Å²) in [7, 11) is 0. The highest BCUT2D eigenvalue weighted by molar-refractivity contribution is 7.26. The maximum atomic E-state index is 2.37. The predicted molar refractivity (Wildman–Crippen MR) is 216 cm³/mol. The summed E-state index contributed by atoms with van der Waals surface area (Å²) in [6, 6.07) is 72.2. The van der Waals surface area contributed by atoms with Crippen LogP contribution in [0, 0.1) is 0 Å². The highest BCUT2D eigenvalue weighted by atomic mass is 32.1. The van der Waals surface area contributed by atoms with E-state index in [9.17, 15) is 0 Å². The number of anilines is 3. The van der Waals surface area contributed by atoms with Crippen molar-refractivity contribution in [1.29, 1.82) is 0 Å². The first kappa shape index (κ1) is 29.9. The average Bonchev–Trinajstić information content (AvgIpc) is 3.58. The minimum atomic E-state index is 1.12. The molecule has 1 heterocycles. The smallest absolute Gasteiger partial charge is 0.0462 e. The summed E-state index contributed by atoms with van der Waals surface area (Å²) >= 11 is 1.88. The van der Waals surface area contributed by atoms with E-state index in [0.717, 1.165) is 17.1 Å². The van der Waals surface area contributed by atoms with Crippen LogP contribution < -0.4 is 4.90 Å². The fourth-order valence-corrected chi connectivity index (χ4v) is 8.16. The van der Waals surface area contributed by atoms with E-state index >= 15 is 0 Å². The van der Waals surface area contributed by atoms with Gasteiger partial charge in [-0.1, -0.05) is 146 Å². The Morgan fingerprint density at radius 1 is 0.300 bits per heavy atom. The highest BCUT2D eigenvalue weighted by Gasteiger charge is 2.16. The zero-order chi connectivity index (χ0) is 33.3. The molecular weight excluding hydrogens is 623 g/mol. The second-order valence-corrected chi connectivity index (χ2v) is 13.6. The lowest BCUT2D eigenvalue weighted by Crippen LogP contribution is -2.09. The van der Waals surface area contributed by atoms with Crippen LogP contribution in [0.2, 0.25) is 0 Å². The molecule has 0 aliphatic heterocycles. The summed E-state index contributed by atoms with van der Waals surface area (Å²) in [5, 5.41) is 2.63. The Labute approximate surface area is 297 Å². The molecule has 9 aromatic rings. The van der Waals surface area contributed by atoms with Gasteiger partial charge in [-0.05, 0) is 93.5 Å². The monoisotopic (exact) mass is 655 g/mol. The van der Waals surface area contributed by atoms with Gasteiger partial charge in [0.2, 0.25) is 0 Å². The van der Waals surface area contributed by atoms with Crippen molar-refractivity contribution in [2.75, 3.05) is 4.90 Å². The van der Waals surface area contributed by atoms with E-state index in [4.69, 9.17) is 0 Å². The zero-order valence-corrected chi connectivity index (χ0v) is 28.2. The van der Waals surface area contributed by atoms with Crippen LogP contribution in [0.25, 0.3) is 64.7 Å². The number of hydrogen-bond donors (Lipinski definition) is 0.